The molecule has 0 bridgehead atoms. The van der Waals surface area contributed by atoms with Gasteiger partial charge in [0.05, 0.1) is 10.9 Å². The molecule has 1 atom stereocenters. The van der Waals surface area contributed by atoms with E-state index in [0.29, 0.717) is 17.3 Å². The van der Waals surface area contributed by atoms with Crippen LogP contribution in [0.3, 0.4) is 0 Å². The van der Waals surface area contributed by atoms with Crippen molar-refractivity contribution in [3.63, 3.8) is 0 Å². The van der Waals surface area contributed by atoms with Crippen LogP contribution in [0, 0.1) is 6.92 Å². The molecule has 9 heteroatoms. The first-order chi connectivity index (χ1) is 14.1. The molecule has 0 amide bonds. The monoisotopic (exact) mass is 390 g/mol. The molecular weight excluding hydrogens is 372 g/mol. The molecule has 0 fully saturated rings. The molecule has 0 spiro atoms. The number of tetrazole rings is 1. The number of aromatic amines is 1. The molecule has 2 heterocycles. The zero-order valence-corrected chi connectivity index (χ0v) is 15.6. The van der Waals surface area contributed by atoms with Crippen molar-refractivity contribution < 1.29 is 9.53 Å². The van der Waals surface area contributed by atoms with Crippen molar-refractivity contribution >= 4 is 16.9 Å². The van der Waals surface area contributed by atoms with E-state index in [9.17, 15) is 9.59 Å². The standard InChI is InChI=1S/C20H18N6O3/c1-13-6-5-9-15-18(13)22-17(23-19(15)27)11-29-20(28)16(26-12-21-24-25-26)10-14-7-3-2-4-8-14/h2-9,12,16H,10-11H2,1H3,(H,22,23,27)/t16-/m1/s1. The number of H-pyrrole nitrogens is 1. The topological polar surface area (TPSA) is 116 Å². The molecule has 0 saturated carbocycles. The zero-order chi connectivity index (χ0) is 20.2. The molecule has 146 valence electrons. The Morgan fingerprint density at radius 1 is 1.17 bits per heavy atom. The van der Waals surface area contributed by atoms with Gasteiger partial charge in [0, 0.05) is 6.42 Å². The third-order valence-electron chi connectivity index (χ3n) is 4.57. The van der Waals surface area contributed by atoms with E-state index in [-0.39, 0.29) is 18.0 Å². The highest BCUT2D eigenvalue weighted by Crippen LogP contribution is 2.16. The van der Waals surface area contributed by atoms with Crippen LogP contribution in [-0.4, -0.2) is 36.1 Å². The van der Waals surface area contributed by atoms with E-state index < -0.39 is 12.0 Å². The van der Waals surface area contributed by atoms with Crippen LogP contribution in [0.5, 0.6) is 0 Å². The maximum Gasteiger partial charge on any atom is 0.331 e. The first-order valence-electron chi connectivity index (χ1n) is 9.03. The molecule has 2 aromatic heterocycles. The number of fused-ring (bicyclic) bond motifs is 1. The molecule has 1 N–H and O–H groups in total. The van der Waals surface area contributed by atoms with Gasteiger partial charge in [0.15, 0.2) is 6.04 Å². The lowest BCUT2D eigenvalue weighted by Crippen LogP contribution is -2.25. The van der Waals surface area contributed by atoms with E-state index in [1.54, 1.807) is 12.1 Å². The van der Waals surface area contributed by atoms with Gasteiger partial charge in [-0.05, 0) is 34.5 Å². The number of esters is 1. The zero-order valence-electron chi connectivity index (χ0n) is 15.6. The third kappa shape index (κ3) is 4.03. The van der Waals surface area contributed by atoms with Crippen molar-refractivity contribution in [1.82, 2.24) is 30.2 Å². The molecule has 4 aromatic rings. The summed E-state index contributed by atoms with van der Waals surface area (Å²) in [5.74, 6) is -0.242. The summed E-state index contributed by atoms with van der Waals surface area (Å²) < 4.78 is 6.80. The summed E-state index contributed by atoms with van der Waals surface area (Å²) in [6, 6.07) is 14.2. The van der Waals surface area contributed by atoms with Crippen LogP contribution in [0.25, 0.3) is 10.9 Å². The van der Waals surface area contributed by atoms with Crippen LogP contribution in [0.2, 0.25) is 0 Å². The molecule has 29 heavy (non-hydrogen) atoms. The number of ether oxygens (including phenoxy) is 1. The van der Waals surface area contributed by atoms with E-state index in [1.165, 1.54) is 11.0 Å². The third-order valence-corrected chi connectivity index (χ3v) is 4.57. The fraction of sp³-hybridized carbons (Fsp3) is 0.200. The van der Waals surface area contributed by atoms with Gasteiger partial charge in [-0.3, -0.25) is 4.79 Å². The lowest BCUT2D eigenvalue weighted by molar-refractivity contribution is -0.149. The number of nitrogens with zero attached hydrogens (tertiary/aromatic N) is 5. The lowest BCUT2D eigenvalue weighted by Gasteiger charge is -2.15. The van der Waals surface area contributed by atoms with Crippen molar-refractivity contribution in [1.29, 1.82) is 0 Å². The summed E-state index contributed by atoms with van der Waals surface area (Å²) in [6.45, 7) is 1.71. The van der Waals surface area contributed by atoms with Gasteiger partial charge in [-0.15, -0.1) is 5.10 Å². The first-order valence-corrected chi connectivity index (χ1v) is 9.03. The molecule has 9 nitrogen and oxygen atoms in total. The number of para-hydroxylation sites is 1. The van der Waals surface area contributed by atoms with Gasteiger partial charge in [0.1, 0.15) is 18.8 Å². The van der Waals surface area contributed by atoms with Crippen molar-refractivity contribution in [2.45, 2.75) is 26.0 Å². The molecular formula is C20H18N6O3. The fourth-order valence-electron chi connectivity index (χ4n) is 3.09. The summed E-state index contributed by atoms with van der Waals surface area (Å²) in [5, 5.41) is 11.5. The maximum absolute atomic E-state index is 12.8. The van der Waals surface area contributed by atoms with E-state index in [0.717, 1.165) is 11.1 Å². The largest absolute Gasteiger partial charge is 0.456 e. The van der Waals surface area contributed by atoms with Gasteiger partial charge in [0.25, 0.3) is 5.56 Å². The van der Waals surface area contributed by atoms with Crippen LogP contribution < -0.4 is 5.56 Å². The molecule has 4 rings (SSSR count). The molecule has 0 radical (unpaired) electrons. The summed E-state index contributed by atoms with van der Waals surface area (Å²) in [4.78, 5) is 32.2. The maximum atomic E-state index is 12.8. The van der Waals surface area contributed by atoms with Crippen LogP contribution >= 0.6 is 0 Å². The second kappa shape index (κ2) is 8.01. The van der Waals surface area contributed by atoms with Crippen molar-refractivity contribution in [3.8, 4) is 0 Å². The van der Waals surface area contributed by atoms with E-state index in [2.05, 4.69) is 25.5 Å². The van der Waals surface area contributed by atoms with Gasteiger partial charge in [0.2, 0.25) is 0 Å². The Kier molecular flexibility index (Phi) is 5.10. The van der Waals surface area contributed by atoms with Crippen molar-refractivity contribution in [3.05, 3.63) is 82.2 Å². The number of aromatic nitrogens is 6. The molecule has 0 aliphatic carbocycles. The predicted molar refractivity (Wildman–Crippen MR) is 104 cm³/mol. The van der Waals surface area contributed by atoms with Gasteiger partial charge < -0.3 is 9.72 Å². The van der Waals surface area contributed by atoms with Crippen molar-refractivity contribution in [2.24, 2.45) is 0 Å². The Hall–Kier alpha value is -3.88. The summed E-state index contributed by atoms with van der Waals surface area (Å²) in [7, 11) is 0. The number of benzene rings is 2. The average Bonchev–Trinajstić information content (AvgIpc) is 3.26. The number of nitrogens with one attached hydrogen (secondary N) is 1. The minimum Gasteiger partial charge on any atom is -0.456 e. The highest BCUT2D eigenvalue weighted by atomic mass is 16.5. The Labute approximate surface area is 165 Å². The summed E-state index contributed by atoms with van der Waals surface area (Å²) >= 11 is 0. The molecule has 2 aromatic carbocycles. The number of aryl methyl sites for hydroxylation is 1. The molecule has 0 aliphatic rings. The van der Waals surface area contributed by atoms with Crippen molar-refractivity contribution in [2.75, 3.05) is 0 Å². The number of carbonyl (C=O) groups excluding carboxylic acids is 1. The highest BCUT2D eigenvalue weighted by molar-refractivity contribution is 5.80. The Balaban J connectivity index is 1.55. The SMILES string of the molecule is Cc1cccc2c(=O)[nH]c(COC(=O)[C@@H](Cc3ccccc3)n3cnnn3)nc12. The van der Waals surface area contributed by atoms with Crippen LogP contribution in [0.15, 0.2) is 59.7 Å². The number of rotatable bonds is 6. The minimum absolute atomic E-state index is 0.161. The Morgan fingerprint density at radius 3 is 2.76 bits per heavy atom. The molecule has 0 aliphatic heterocycles. The van der Waals surface area contributed by atoms with Crippen LogP contribution in [0.4, 0.5) is 0 Å². The summed E-state index contributed by atoms with van der Waals surface area (Å²) in [6.07, 6.45) is 1.74. The highest BCUT2D eigenvalue weighted by Gasteiger charge is 2.24. The number of hydrogen-bond donors (Lipinski definition) is 1. The quantitative estimate of drug-likeness (QED) is 0.499. The second-order valence-electron chi connectivity index (χ2n) is 6.59. The predicted octanol–water partition coefficient (Wildman–Crippen LogP) is 1.75. The molecule has 0 saturated heterocycles. The normalized spacial score (nSPS) is 12.0. The fourth-order valence-corrected chi connectivity index (χ4v) is 3.09. The Bertz CT molecular complexity index is 1190. The van der Waals surface area contributed by atoms with E-state index >= 15 is 0 Å². The van der Waals surface area contributed by atoms with E-state index in [1.807, 2.05) is 43.3 Å². The number of hydrogen-bond acceptors (Lipinski definition) is 7. The average molecular weight is 390 g/mol. The van der Waals surface area contributed by atoms with E-state index in [4.69, 9.17) is 4.74 Å². The van der Waals surface area contributed by atoms with Gasteiger partial charge >= 0.3 is 5.97 Å². The smallest absolute Gasteiger partial charge is 0.331 e. The Morgan fingerprint density at radius 2 is 2.00 bits per heavy atom. The molecule has 0 unspecified atom stereocenters. The number of carbonyl (C=O) groups is 1. The first kappa shape index (κ1) is 18.5. The summed E-state index contributed by atoms with van der Waals surface area (Å²) in [5.41, 5.74) is 2.13. The van der Waals surface area contributed by atoms with Gasteiger partial charge in [-0.1, -0.05) is 42.5 Å². The van der Waals surface area contributed by atoms with Crippen LogP contribution in [0.1, 0.15) is 23.0 Å². The second-order valence-corrected chi connectivity index (χ2v) is 6.59. The van der Waals surface area contributed by atoms with Gasteiger partial charge in [-0.2, -0.15) is 0 Å². The minimum atomic E-state index is -0.735. The van der Waals surface area contributed by atoms with Gasteiger partial charge in [-0.25, -0.2) is 14.5 Å². The lowest BCUT2D eigenvalue weighted by atomic mass is 10.1. The van der Waals surface area contributed by atoms with Crippen LogP contribution in [-0.2, 0) is 22.6 Å².